The number of rotatable bonds is 9. The predicted molar refractivity (Wildman–Crippen MR) is 140 cm³/mol. The second-order valence-electron chi connectivity index (χ2n) is 8.93. The van der Waals surface area contributed by atoms with Gasteiger partial charge < -0.3 is 14.4 Å². The summed E-state index contributed by atoms with van der Waals surface area (Å²) in [5.74, 6) is 1.33. The van der Waals surface area contributed by atoms with Gasteiger partial charge in [0.25, 0.3) is 5.91 Å². The topological polar surface area (TPSA) is 56.6 Å². The molecule has 0 radical (unpaired) electrons. The van der Waals surface area contributed by atoms with E-state index in [2.05, 4.69) is 6.92 Å². The fourth-order valence-electron chi connectivity index (χ4n) is 4.58. The third kappa shape index (κ3) is 5.34. The first-order valence-corrected chi connectivity index (χ1v) is 12.6. The maximum Gasteiger partial charge on any atom is 0.254 e. The molecule has 184 valence electrons. The van der Waals surface area contributed by atoms with Crippen LogP contribution in [0.2, 0.25) is 0 Å². The minimum atomic E-state index is -0.0220. The minimum Gasteiger partial charge on any atom is -0.439 e. The van der Waals surface area contributed by atoms with Crippen LogP contribution in [0.15, 0.2) is 91.0 Å². The summed E-state index contributed by atoms with van der Waals surface area (Å²) in [4.78, 5) is 15.6. The van der Waals surface area contributed by atoms with Crippen LogP contribution in [-0.2, 0) is 17.7 Å². The highest BCUT2D eigenvalue weighted by molar-refractivity contribution is 5.94. The van der Waals surface area contributed by atoms with Gasteiger partial charge in [-0.1, -0.05) is 61.5 Å². The van der Waals surface area contributed by atoms with Crippen LogP contribution in [0.25, 0.3) is 5.69 Å². The number of hydrogen-bond donors (Lipinski definition) is 0. The molecule has 0 bridgehead atoms. The second kappa shape index (κ2) is 11.2. The van der Waals surface area contributed by atoms with Crippen LogP contribution < -0.4 is 4.74 Å². The van der Waals surface area contributed by atoms with Gasteiger partial charge in [-0.15, -0.1) is 0 Å². The molecule has 1 aliphatic rings. The average molecular weight is 482 g/mol. The highest BCUT2D eigenvalue weighted by Gasteiger charge is 2.28. The molecule has 0 spiro atoms. The Balaban J connectivity index is 1.56. The summed E-state index contributed by atoms with van der Waals surface area (Å²) in [5.41, 5.74) is 3.38. The smallest absolute Gasteiger partial charge is 0.254 e. The number of amides is 1. The van der Waals surface area contributed by atoms with Gasteiger partial charge in [0.1, 0.15) is 5.75 Å². The van der Waals surface area contributed by atoms with Crippen molar-refractivity contribution in [1.82, 2.24) is 14.7 Å². The Morgan fingerprint density at radius 2 is 1.67 bits per heavy atom. The lowest BCUT2D eigenvalue weighted by molar-refractivity contribution is 0.0505. The van der Waals surface area contributed by atoms with Crippen molar-refractivity contribution in [1.29, 1.82) is 0 Å². The average Bonchev–Trinajstić information content (AvgIpc) is 3.57. The molecule has 1 aromatic heterocycles. The zero-order valence-corrected chi connectivity index (χ0v) is 20.5. The molecule has 2 heterocycles. The van der Waals surface area contributed by atoms with Crippen LogP contribution >= 0.6 is 0 Å². The van der Waals surface area contributed by atoms with Crippen molar-refractivity contribution in [2.45, 2.75) is 38.8 Å². The van der Waals surface area contributed by atoms with E-state index in [9.17, 15) is 4.79 Å². The summed E-state index contributed by atoms with van der Waals surface area (Å²) >= 11 is 0. The lowest BCUT2D eigenvalue weighted by Gasteiger charge is -2.26. The first-order chi connectivity index (χ1) is 17.7. The molecule has 6 heteroatoms. The number of benzene rings is 3. The van der Waals surface area contributed by atoms with Gasteiger partial charge in [0.2, 0.25) is 5.88 Å². The van der Waals surface area contributed by atoms with E-state index < -0.39 is 0 Å². The number of aromatic nitrogens is 2. The van der Waals surface area contributed by atoms with E-state index >= 15 is 0 Å². The van der Waals surface area contributed by atoms with Crippen LogP contribution in [0.4, 0.5) is 0 Å². The van der Waals surface area contributed by atoms with E-state index in [1.165, 1.54) is 0 Å². The van der Waals surface area contributed by atoms with Crippen molar-refractivity contribution in [3.05, 3.63) is 108 Å². The molecule has 4 aromatic rings. The lowest BCUT2D eigenvalue weighted by atomic mass is 10.1. The first kappa shape index (κ1) is 23.8. The van der Waals surface area contributed by atoms with Gasteiger partial charge in [0, 0.05) is 18.7 Å². The molecule has 0 aliphatic carbocycles. The predicted octanol–water partition coefficient (Wildman–Crippen LogP) is 6.05. The molecular formula is C30H31N3O3. The summed E-state index contributed by atoms with van der Waals surface area (Å²) in [6, 6.07) is 29.1. The van der Waals surface area contributed by atoms with E-state index in [0.29, 0.717) is 31.0 Å². The molecule has 1 saturated heterocycles. The Bertz CT molecular complexity index is 1270. The molecule has 36 heavy (non-hydrogen) atoms. The maximum absolute atomic E-state index is 13.7. The molecule has 1 atom stereocenters. The summed E-state index contributed by atoms with van der Waals surface area (Å²) in [6.07, 6.45) is 2.72. The molecule has 1 aliphatic heterocycles. The summed E-state index contributed by atoms with van der Waals surface area (Å²) in [7, 11) is 0. The second-order valence-corrected chi connectivity index (χ2v) is 8.93. The van der Waals surface area contributed by atoms with E-state index in [0.717, 1.165) is 42.1 Å². The van der Waals surface area contributed by atoms with Crippen LogP contribution in [0.1, 0.15) is 41.4 Å². The maximum atomic E-state index is 13.7. The number of hydrogen-bond acceptors (Lipinski definition) is 4. The summed E-state index contributed by atoms with van der Waals surface area (Å²) in [5, 5.41) is 4.93. The Kier molecular flexibility index (Phi) is 7.43. The number of aryl methyl sites for hydroxylation is 1. The van der Waals surface area contributed by atoms with Crippen molar-refractivity contribution < 1.29 is 14.3 Å². The molecule has 1 unspecified atom stereocenters. The molecule has 1 fully saturated rings. The van der Waals surface area contributed by atoms with Crippen molar-refractivity contribution >= 4 is 5.91 Å². The van der Waals surface area contributed by atoms with Crippen molar-refractivity contribution in [2.24, 2.45) is 0 Å². The third-order valence-corrected chi connectivity index (χ3v) is 6.42. The van der Waals surface area contributed by atoms with E-state index in [-0.39, 0.29) is 12.0 Å². The Labute approximate surface area is 212 Å². The largest absolute Gasteiger partial charge is 0.439 e. The van der Waals surface area contributed by atoms with Crippen LogP contribution in [0.5, 0.6) is 11.6 Å². The molecule has 0 saturated carbocycles. The zero-order valence-electron chi connectivity index (χ0n) is 20.5. The van der Waals surface area contributed by atoms with Gasteiger partial charge in [-0.05, 0) is 55.7 Å². The van der Waals surface area contributed by atoms with Crippen LogP contribution in [-0.4, -0.2) is 39.8 Å². The van der Waals surface area contributed by atoms with E-state index in [1.54, 1.807) is 0 Å². The lowest BCUT2D eigenvalue weighted by Crippen LogP contribution is -2.37. The minimum absolute atomic E-state index is 0.0220. The van der Waals surface area contributed by atoms with Gasteiger partial charge in [0.15, 0.2) is 0 Å². The fraction of sp³-hybridized carbons (Fsp3) is 0.267. The molecule has 3 aromatic carbocycles. The quantitative estimate of drug-likeness (QED) is 0.292. The summed E-state index contributed by atoms with van der Waals surface area (Å²) < 4.78 is 14.2. The fourth-order valence-corrected chi connectivity index (χ4v) is 4.58. The number of nitrogens with zero attached hydrogens (tertiary/aromatic N) is 3. The number of para-hydroxylation sites is 2. The Morgan fingerprint density at radius 3 is 2.31 bits per heavy atom. The molecule has 1 amide bonds. The monoisotopic (exact) mass is 481 g/mol. The van der Waals surface area contributed by atoms with Gasteiger partial charge in [-0.2, -0.15) is 5.10 Å². The van der Waals surface area contributed by atoms with Gasteiger partial charge >= 0.3 is 0 Å². The van der Waals surface area contributed by atoms with Crippen molar-refractivity contribution in [3.63, 3.8) is 0 Å². The van der Waals surface area contributed by atoms with Crippen LogP contribution in [0.3, 0.4) is 0 Å². The van der Waals surface area contributed by atoms with Gasteiger partial charge in [-0.25, -0.2) is 4.68 Å². The molecule has 5 rings (SSSR count). The number of carbonyl (C=O) groups is 1. The highest BCUT2D eigenvalue weighted by atomic mass is 16.5. The third-order valence-electron chi connectivity index (χ3n) is 6.42. The summed E-state index contributed by atoms with van der Waals surface area (Å²) in [6.45, 7) is 3.73. The number of carbonyl (C=O) groups excluding carboxylic acids is 1. The standard InChI is InChI=1S/C30H31N3O3/c1-2-28-27(22-32(21-26-19-12-20-35-26)29(34)23-13-6-3-7-14-23)30(36-25-17-10-5-11-18-25)33(31-28)24-15-8-4-9-16-24/h3-11,13-18,26H,2,12,19-22H2,1H3. The van der Waals surface area contributed by atoms with E-state index in [1.807, 2.05) is 101 Å². The number of ether oxygens (including phenoxy) is 2. The van der Waals surface area contributed by atoms with Gasteiger partial charge in [0.05, 0.1) is 29.6 Å². The Hall–Kier alpha value is -3.90. The SMILES string of the molecule is CCc1nn(-c2ccccc2)c(Oc2ccccc2)c1CN(CC1CCCO1)C(=O)c1ccccc1. The van der Waals surface area contributed by atoms with E-state index in [4.69, 9.17) is 14.6 Å². The first-order valence-electron chi connectivity index (χ1n) is 12.6. The van der Waals surface area contributed by atoms with Crippen molar-refractivity contribution in [2.75, 3.05) is 13.2 Å². The zero-order chi connectivity index (χ0) is 24.7. The molecule has 0 N–H and O–H groups in total. The van der Waals surface area contributed by atoms with Crippen molar-refractivity contribution in [3.8, 4) is 17.3 Å². The van der Waals surface area contributed by atoms with Gasteiger partial charge in [-0.3, -0.25) is 4.79 Å². The molecular weight excluding hydrogens is 450 g/mol. The highest BCUT2D eigenvalue weighted by Crippen LogP contribution is 2.33. The normalized spacial score (nSPS) is 15.1. The molecule has 6 nitrogen and oxygen atoms in total. The van der Waals surface area contributed by atoms with Crippen LogP contribution in [0, 0.1) is 0 Å². The Morgan fingerprint density at radius 1 is 1.00 bits per heavy atom.